The van der Waals surface area contributed by atoms with Crippen molar-refractivity contribution < 1.29 is 22.8 Å². The van der Waals surface area contributed by atoms with E-state index in [1.807, 2.05) is 0 Å². The Kier molecular flexibility index (Phi) is 108. The van der Waals surface area contributed by atoms with E-state index in [9.17, 15) is 0 Å². The maximum atomic E-state index is 0. The van der Waals surface area contributed by atoms with Gasteiger partial charge in [0.25, 0.3) is 0 Å². The zero-order valence-corrected chi connectivity index (χ0v) is 7.86. The van der Waals surface area contributed by atoms with Crippen LogP contribution in [-0.2, 0) is 17.1 Å². The van der Waals surface area contributed by atoms with E-state index in [0.29, 0.717) is 0 Å². The van der Waals surface area contributed by atoms with Gasteiger partial charge < -0.3 is 5.71 Å². The Labute approximate surface area is 106 Å². The van der Waals surface area contributed by atoms with Gasteiger partial charge in [0, 0.05) is 17.1 Å². The second-order valence-electron chi connectivity index (χ2n) is 0. The average molecular weight is 201 g/mol. The van der Waals surface area contributed by atoms with Gasteiger partial charge in [-0.3, -0.25) is 0 Å². The van der Waals surface area contributed by atoms with Crippen molar-refractivity contribution in [1.82, 2.24) is 0 Å². The van der Waals surface area contributed by atoms with Crippen molar-refractivity contribution in [3.63, 3.8) is 0 Å². The summed E-state index contributed by atoms with van der Waals surface area (Å²) in [7, 11) is 0. The van der Waals surface area contributed by atoms with Crippen molar-refractivity contribution in [2.75, 3.05) is 0 Å². The molecule has 0 aromatic carbocycles. The van der Waals surface area contributed by atoms with E-state index in [0.717, 1.165) is 0 Å². The zero-order valence-electron chi connectivity index (χ0n) is 5.79. The molecule has 0 rings (SSSR count). The van der Waals surface area contributed by atoms with E-state index in [-0.39, 0.29) is 109 Å². The minimum atomic E-state index is 0. The molecule has 0 aliphatic carbocycles. The Morgan fingerprint density at radius 1 is 1.25 bits per heavy atom. The summed E-state index contributed by atoms with van der Waals surface area (Å²) in [6, 6.07) is 0. The molecule has 0 bridgehead atoms. The summed E-state index contributed by atoms with van der Waals surface area (Å²) < 4.78 is 0. The van der Waals surface area contributed by atoms with Crippen molar-refractivity contribution >= 4 is 85.9 Å². The summed E-state index contributed by atoms with van der Waals surface area (Å²) >= 11 is 0. The van der Waals surface area contributed by atoms with Crippen molar-refractivity contribution in [3.05, 3.63) is 0 Å². The molecule has 1 radical (unpaired) electrons. The van der Waals surface area contributed by atoms with Crippen molar-refractivity contribution in [2.45, 2.75) is 0 Å². The molecule has 0 aromatic heterocycles. The SMILES string of the molecule is [AlH3].[H-].[H-].[H-].[H-].[Mg+2].[Mn].[Sr+2]. The molecule has 0 nitrogen and oxygen atoms in total. The molecule has 4 heteroatoms. The fraction of sp³-hybridized carbons (Fsp3) is 0. The second kappa shape index (κ2) is 16.3. The summed E-state index contributed by atoms with van der Waals surface area (Å²) in [6.45, 7) is 0. The Morgan fingerprint density at radius 3 is 1.25 bits per heavy atom. The zero-order chi connectivity index (χ0) is 0. The third kappa shape index (κ3) is 9.00. The predicted molar refractivity (Wildman–Crippen MR) is 25.9 cm³/mol. The molecule has 0 unspecified atom stereocenters. The molecule has 0 N–H and O–H groups in total. The van der Waals surface area contributed by atoms with Crippen LogP contribution in [0, 0.1) is 0 Å². The van der Waals surface area contributed by atoms with Crippen LogP contribution in [-0.4, -0.2) is 85.9 Å². The molecule has 0 saturated carbocycles. The molecular weight excluding hydrogens is 194 g/mol. The first-order valence-electron chi connectivity index (χ1n) is 0. The van der Waals surface area contributed by atoms with Gasteiger partial charge >= 0.3 is 68.5 Å². The fourth-order valence-electron chi connectivity index (χ4n) is 0. The van der Waals surface area contributed by atoms with Crippen LogP contribution >= 0.6 is 0 Å². The Hall–Kier alpha value is 3.30. The van der Waals surface area contributed by atoms with Crippen LogP contribution in [0.15, 0.2) is 0 Å². The maximum Gasteiger partial charge on any atom is 2.00 e. The first-order chi connectivity index (χ1) is 0. The molecule has 0 aliphatic heterocycles. The van der Waals surface area contributed by atoms with Crippen LogP contribution < -0.4 is 0 Å². The van der Waals surface area contributed by atoms with Crippen LogP contribution in [0.3, 0.4) is 0 Å². The molecule has 0 aromatic rings. The van der Waals surface area contributed by atoms with Gasteiger partial charge in [-0.05, 0) is 0 Å². The molecule has 0 spiro atoms. The average Bonchev–Trinajstić information content (AvgIpc) is 0. The largest absolute Gasteiger partial charge is 2.00 e. The maximum absolute atomic E-state index is 0. The molecular formula is H7AlMgMnSr. The van der Waals surface area contributed by atoms with Crippen molar-refractivity contribution in [2.24, 2.45) is 0 Å². The van der Waals surface area contributed by atoms with Gasteiger partial charge in [0.15, 0.2) is 17.4 Å². The third-order valence-corrected chi connectivity index (χ3v) is 0. The number of hydrogen-bond acceptors (Lipinski definition) is 0. The van der Waals surface area contributed by atoms with Crippen LogP contribution in [0.2, 0.25) is 0 Å². The van der Waals surface area contributed by atoms with Gasteiger partial charge in [0.1, 0.15) is 0 Å². The van der Waals surface area contributed by atoms with Crippen LogP contribution in [0.4, 0.5) is 0 Å². The molecule has 0 saturated heterocycles. The topological polar surface area (TPSA) is 0 Å². The van der Waals surface area contributed by atoms with E-state index >= 15 is 0 Å². The molecule has 4 heavy (non-hydrogen) atoms. The first kappa shape index (κ1) is 26.6. The summed E-state index contributed by atoms with van der Waals surface area (Å²) in [6.07, 6.45) is 0. The van der Waals surface area contributed by atoms with Gasteiger partial charge in [-0.15, -0.1) is 0 Å². The van der Waals surface area contributed by atoms with Gasteiger partial charge in [-0.2, -0.15) is 0 Å². The predicted octanol–water partition coefficient (Wildman–Crippen LogP) is -1.50. The molecule has 0 amide bonds. The number of hydrogen-bond donors (Lipinski definition) is 0. The smallest absolute Gasteiger partial charge is 1.00 e. The van der Waals surface area contributed by atoms with Gasteiger partial charge in [0.2, 0.25) is 0 Å². The minimum absolute atomic E-state index is 0. The Balaban J connectivity index is 0. The molecule has 0 fully saturated rings. The van der Waals surface area contributed by atoms with Crippen LogP contribution in [0.1, 0.15) is 5.71 Å². The Bertz CT molecular complexity index is 16.0. The molecule has 21 valence electrons. The summed E-state index contributed by atoms with van der Waals surface area (Å²) in [5.41, 5.74) is 0. The van der Waals surface area contributed by atoms with Gasteiger partial charge in [0.05, 0.1) is 0 Å². The van der Waals surface area contributed by atoms with Crippen molar-refractivity contribution in [1.29, 1.82) is 0 Å². The normalized spacial score (nSPS) is 0. The van der Waals surface area contributed by atoms with Gasteiger partial charge in [-0.1, -0.05) is 0 Å². The standard InChI is InChI=1S/Al.Mg.Mn.Sr.7H/q;+2;;+2;;;;4*-1. The summed E-state index contributed by atoms with van der Waals surface area (Å²) in [4.78, 5) is 0. The Morgan fingerprint density at radius 2 is 1.25 bits per heavy atom. The molecule has 0 atom stereocenters. The quantitative estimate of drug-likeness (QED) is 0.418. The van der Waals surface area contributed by atoms with E-state index in [1.54, 1.807) is 0 Å². The van der Waals surface area contributed by atoms with E-state index in [1.165, 1.54) is 0 Å². The van der Waals surface area contributed by atoms with Crippen LogP contribution in [0.5, 0.6) is 0 Å². The van der Waals surface area contributed by atoms with Crippen molar-refractivity contribution in [3.8, 4) is 0 Å². The monoisotopic (exact) mass is 201 g/mol. The summed E-state index contributed by atoms with van der Waals surface area (Å²) in [5, 5.41) is 0. The van der Waals surface area contributed by atoms with Crippen LogP contribution in [0.25, 0.3) is 0 Å². The third-order valence-electron chi connectivity index (χ3n) is 0. The fourth-order valence-corrected chi connectivity index (χ4v) is 0. The summed E-state index contributed by atoms with van der Waals surface area (Å²) in [5.74, 6) is 0. The molecule has 0 aliphatic rings. The van der Waals surface area contributed by atoms with E-state index in [4.69, 9.17) is 0 Å². The minimum Gasteiger partial charge on any atom is -1.00 e. The van der Waals surface area contributed by atoms with E-state index < -0.39 is 0 Å². The second-order valence-corrected chi connectivity index (χ2v) is 0. The molecule has 0 heterocycles. The number of rotatable bonds is 0. The van der Waals surface area contributed by atoms with Gasteiger partial charge in [-0.25, -0.2) is 0 Å². The van der Waals surface area contributed by atoms with E-state index in [2.05, 4.69) is 0 Å². The first-order valence-corrected chi connectivity index (χ1v) is 0.